The maximum Gasteiger partial charge on any atom is 0.235 e. The van der Waals surface area contributed by atoms with E-state index < -0.39 is 0 Å². The lowest BCUT2D eigenvalue weighted by Crippen LogP contribution is -2.04. The third kappa shape index (κ3) is 1.15. The lowest BCUT2D eigenvalue weighted by Gasteiger charge is -2.10. The normalized spacial score (nSPS) is 19.5. The molecule has 0 radical (unpaired) electrons. The summed E-state index contributed by atoms with van der Waals surface area (Å²) in [4.78, 5) is 14.2. The minimum Gasteiger partial charge on any atom is -0.454 e. The van der Waals surface area contributed by atoms with Crippen LogP contribution in [0.2, 0.25) is 0 Å². The molecule has 0 bridgehead atoms. The Hall–Kier alpha value is -1.80. The van der Waals surface area contributed by atoms with Gasteiger partial charge in [-0.25, -0.2) is 4.79 Å². The van der Waals surface area contributed by atoms with Crippen LogP contribution in [-0.2, 0) is 10.3 Å². The van der Waals surface area contributed by atoms with Crippen LogP contribution in [-0.4, -0.2) is 12.9 Å². The molecule has 1 aliphatic carbocycles. The molecule has 0 spiro atoms. The number of ether oxygens (including phenoxy) is 2. The number of para-hydroxylation sites is 1. The van der Waals surface area contributed by atoms with E-state index in [1.54, 1.807) is 6.08 Å². The average molecular weight is 203 g/mol. The molecule has 1 fully saturated rings. The monoisotopic (exact) mass is 203 g/mol. The van der Waals surface area contributed by atoms with Crippen LogP contribution in [0.1, 0.15) is 18.4 Å². The molecule has 1 aromatic rings. The van der Waals surface area contributed by atoms with Crippen molar-refractivity contribution in [2.45, 2.75) is 18.4 Å². The minimum atomic E-state index is -0.388. The Morgan fingerprint density at radius 1 is 1.33 bits per heavy atom. The fourth-order valence-electron chi connectivity index (χ4n) is 1.94. The Kier molecular flexibility index (Phi) is 1.61. The lowest BCUT2D eigenvalue weighted by atomic mass is 10.0. The molecule has 1 aliphatic heterocycles. The summed E-state index contributed by atoms with van der Waals surface area (Å²) in [5.74, 6) is 1.47. The zero-order valence-corrected chi connectivity index (χ0v) is 8.03. The van der Waals surface area contributed by atoms with E-state index >= 15 is 0 Å². The van der Waals surface area contributed by atoms with E-state index in [4.69, 9.17) is 9.47 Å². The fourth-order valence-corrected chi connectivity index (χ4v) is 1.94. The van der Waals surface area contributed by atoms with Gasteiger partial charge in [-0.1, -0.05) is 12.1 Å². The number of aliphatic imine (C=N–C) groups is 1. The topological polar surface area (TPSA) is 47.9 Å². The van der Waals surface area contributed by atoms with E-state index in [1.807, 2.05) is 18.2 Å². The molecule has 4 nitrogen and oxygen atoms in total. The first-order valence-electron chi connectivity index (χ1n) is 4.84. The summed E-state index contributed by atoms with van der Waals surface area (Å²) in [5, 5.41) is 0. The zero-order chi connectivity index (χ0) is 10.3. The molecule has 2 aliphatic rings. The zero-order valence-electron chi connectivity index (χ0n) is 8.03. The SMILES string of the molecule is O=C=NC1(c2cccc3c2OCO3)CC1. The summed E-state index contributed by atoms with van der Waals surface area (Å²) in [5.41, 5.74) is 0.557. The van der Waals surface area contributed by atoms with Gasteiger partial charge in [0.15, 0.2) is 11.5 Å². The smallest absolute Gasteiger partial charge is 0.235 e. The van der Waals surface area contributed by atoms with Gasteiger partial charge in [-0.15, -0.1) is 0 Å². The van der Waals surface area contributed by atoms with Crippen molar-refractivity contribution < 1.29 is 14.3 Å². The quantitative estimate of drug-likeness (QED) is 0.543. The van der Waals surface area contributed by atoms with Crippen molar-refractivity contribution in [2.24, 2.45) is 4.99 Å². The maximum absolute atomic E-state index is 10.4. The Bertz CT molecular complexity index is 459. The van der Waals surface area contributed by atoms with Crippen LogP contribution < -0.4 is 9.47 Å². The van der Waals surface area contributed by atoms with E-state index in [-0.39, 0.29) is 12.3 Å². The van der Waals surface area contributed by atoms with Crippen molar-refractivity contribution in [1.82, 2.24) is 0 Å². The molecule has 3 rings (SSSR count). The van der Waals surface area contributed by atoms with Crippen LogP contribution >= 0.6 is 0 Å². The largest absolute Gasteiger partial charge is 0.454 e. The molecule has 0 unspecified atom stereocenters. The molecule has 0 N–H and O–H groups in total. The van der Waals surface area contributed by atoms with Gasteiger partial charge in [-0.3, -0.25) is 0 Å². The van der Waals surface area contributed by atoms with E-state index in [0.29, 0.717) is 0 Å². The van der Waals surface area contributed by atoms with Gasteiger partial charge < -0.3 is 9.47 Å². The van der Waals surface area contributed by atoms with Gasteiger partial charge in [0.1, 0.15) is 5.54 Å². The molecule has 0 amide bonds. The lowest BCUT2D eigenvalue weighted by molar-refractivity contribution is 0.173. The highest BCUT2D eigenvalue weighted by Crippen LogP contribution is 2.54. The predicted octanol–water partition coefficient (Wildman–Crippen LogP) is 1.74. The molecular formula is C11H9NO3. The van der Waals surface area contributed by atoms with Gasteiger partial charge in [0.25, 0.3) is 0 Å². The highest BCUT2D eigenvalue weighted by Gasteiger charge is 2.48. The highest BCUT2D eigenvalue weighted by atomic mass is 16.7. The number of hydrogen-bond acceptors (Lipinski definition) is 4. The Morgan fingerprint density at radius 3 is 2.93 bits per heavy atom. The average Bonchev–Trinajstić information content (AvgIpc) is 2.88. The van der Waals surface area contributed by atoms with Crippen molar-refractivity contribution in [1.29, 1.82) is 0 Å². The first-order valence-corrected chi connectivity index (χ1v) is 4.84. The van der Waals surface area contributed by atoms with Gasteiger partial charge in [0, 0.05) is 5.56 Å². The minimum absolute atomic E-state index is 0.243. The van der Waals surface area contributed by atoms with Crippen molar-refractivity contribution in [2.75, 3.05) is 6.79 Å². The first-order chi connectivity index (χ1) is 7.36. The Balaban J connectivity index is 2.13. The van der Waals surface area contributed by atoms with Crippen molar-refractivity contribution in [3.63, 3.8) is 0 Å². The summed E-state index contributed by atoms with van der Waals surface area (Å²) in [6, 6.07) is 5.68. The van der Waals surface area contributed by atoms with E-state index in [1.165, 1.54) is 0 Å². The van der Waals surface area contributed by atoms with Gasteiger partial charge in [0.05, 0.1) is 0 Å². The molecule has 15 heavy (non-hydrogen) atoms. The maximum atomic E-state index is 10.4. The van der Waals surface area contributed by atoms with Crippen LogP contribution in [0.25, 0.3) is 0 Å². The number of benzene rings is 1. The number of fused-ring (bicyclic) bond motifs is 1. The van der Waals surface area contributed by atoms with Crippen LogP contribution in [0.4, 0.5) is 0 Å². The number of carbonyl (C=O) groups excluding carboxylic acids is 1. The summed E-state index contributed by atoms with van der Waals surface area (Å²) in [7, 11) is 0. The summed E-state index contributed by atoms with van der Waals surface area (Å²) >= 11 is 0. The second kappa shape index (κ2) is 2.84. The number of isocyanates is 1. The molecule has 1 heterocycles. The van der Waals surface area contributed by atoms with Crippen LogP contribution in [0.3, 0.4) is 0 Å². The third-order valence-corrected chi connectivity index (χ3v) is 2.88. The van der Waals surface area contributed by atoms with Crippen LogP contribution in [0.15, 0.2) is 23.2 Å². The Morgan fingerprint density at radius 2 is 2.20 bits per heavy atom. The van der Waals surface area contributed by atoms with Crippen molar-refractivity contribution in [3.8, 4) is 11.5 Å². The molecule has 4 heteroatoms. The number of hydrogen-bond donors (Lipinski definition) is 0. The summed E-state index contributed by atoms with van der Waals surface area (Å²) in [6.07, 6.45) is 3.39. The molecule has 1 saturated carbocycles. The van der Waals surface area contributed by atoms with Crippen LogP contribution in [0, 0.1) is 0 Å². The Labute approximate surface area is 86.5 Å². The molecule has 0 aromatic heterocycles. The molecule has 0 saturated heterocycles. The first kappa shape index (κ1) is 8.50. The molecule has 76 valence electrons. The summed E-state index contributed by atoms with van der Waals surface area (Å²) < 4.78 is 10.7. The van der Waals surface area contributed by atoms with Crippen molar-refractivity contribution in [3.05, 3.63) is 23.8 Å². The second-order valence-corrected chi connectivity index (χ2v) is 3.77. The van der Waals surface area contributed by atoms with E-state index in [9.17, 15) is 4.79 Å². The fraction of sp³-hybridized carbons (Fsp3) is 0.364. The number of rotatable bonds is 2. The highest BCUT2D eigenvalue weighted by molar-refractivity contribution is 5.54. The standard InChI is InChI=1S/C11H9NO3/c13-6-12-11(4-5-11)8-2-1-3-9-10(8)15-7-14-9/h1-3H,4-5,7H2. The number of nitrogens with zero attached hydrogens (tertiary/aromatic N) is 1. The second-order valence-electron chi connectivity index (χ2n) is 3.77. The molecule has 0 atom stereocenters. The van der Waals surface area contributed by atoms with Crippen molar-refractivity contribution >= 4 is 6.08 Å². The van der Waals surface area contributed by atoms with E-state index in [0.717, 1.165) is 29.9 Å². The van der Waals surface area contributed by atoms with Gasteiger partial charge in [-0.05, 0) is 18.9 Å². The van der Waals surface area contributed by atoms with Gasteiger partial charge >= 0.3 is 0 Å². The van der Waals surface area contributed by atoms with Gasteiger partial charge in [-0.2, -0.15) is 4.99 Å². The van der Waals surface area contributed by atoms with Crippen LogP contribution in [0.5, 0.6) is 11.5 Å². The molecular weight excluding hydrogens is 194 g/mol. The summed E-state index contributed by atoms with van der Waals surface area (Å²) in [6.45, 7) is 0.243. The van der Waals surface area contributed by atoms with Gasteiger partial charge in [0.2, 0.25) is 12.9 Å². The van der Waals surface area contributed by atoms with E-state index in [2.05, 4.69) is 4.99 Å². The third-order valence-electron chi connectivity index (χ3n) is 2.88. The molecule has 1 aromatic carbocycles. The predicted molar refractivity (Wildman–Crippen MR) is 51.6 cm³/mol.